The second kappa shape index (κ2) is 6.21. The number of amides is 1. The van der Waals surface area contributed by atoms with Gasteiger partial charge in [0.1, 0.15) is 0 Å². The molecule has 2 aliphatic rings. The van der Waals surface area contributed by atoms with E-state index in [9.17, 15) is 13.2 Å². The maximum atomic E-state index is 12.8. The van der Waals surface area contributed by atoms with Crippen LogP contribution in [0.15, 0.2) is 53.4 Å². The molecule has 2 aromatic rings. The summed E-state index contributed by atoms with van der Waals surface area (Å²) in [7, 11) is -1.90. The van der Waals surface area contributed by atoms with Crippen LogP contribution in [-0.4, -0.2) is 27.9 Å². The third-order valence-corrected chi connectivity index (χ3v) is 7.13. The van der Waals surface area contributed by atoms with Crippen molar-refractivity contribution in [3.63, 3.8) is 0 Å². The van der Waals surface area contributed by atoms with E-state index in [2.05, 4.69) is 16.9 Å². The van der Waals surface area contributed by atoms with E-state index in [4.69, 9.17) is 0 Å². The second-order valence-electron chi connectivity index (χ2n) is 7.24. The van der Waals surface area contributed by atoms with Gasteiger partial charge in [0.25, 0.3) is 0 Å². The number of carbonyl (C=O) groups excluding carboxylic acids is 1. The van der Waals surface area contributed by atoms with Gasteiger partial charge in [0.05, 0.1) is 11.3 Å². The molecule has 1 heterocycles. The summed E-state index contributed by atoms with van der Waals surface area (Å²) in [5, 5.41) is 0. The van der Waals surface area contributed by atoms with Gasteiger partial charge in [-0.05, 0) is 42.2 Å². The fourth-order valence-corrected chi connectivity index (χ4v) is 5.07. The van der Waals surface area contributed by atoms with E-state index in [1.807, 2.05) is 18.2 Å². The fourth-order valence-electron chi connectivity index (χ4n) is 3.89. The van der Waals surface area contributed by atoms with Crippen molar-refractivity contribution in [3.05, 3.63) is 59.7 Å². The molecule has 26 heavy (non-hydrogen) atoms. The lowest BCUT2D eigenvalue weighted by Crippen LogP contribution is -2.45. The molecule has 5 nitrogen and oxygen atoms in total. The Bertz CT molecular complexity index is 950. The first-order valence-electron chi connectivity index (χ1n) is 8.86. The molecule has 1 aliphatic carbocycles. The number of sulfonamides is 1. The number of nitrogens with zero attached hydrogens (tertiary/aromatic N) is 1. The summed E-state index contributed by atoms with van der Waals surface area (Å²) in [6.45, 7) is 0.398. The van der Waals surface area contributed by atoms with Gasteiger partial charge < -0.3 is 4.90 Å². The van der Waals surface area contributed by atoms with Crippen molar-refractivity contribution in [1.82, 2.24) is 4.72 Å². The number of nitrogens with one attached hydrogen (secondary N) is 1. The summed E-state index contributed by atoms with van der Waals surface area (Å²) in [5.74, 6) is -0.0139. The van der Waals surface area contributed by atoms with Crippen molar-refractivity contribution in [2.24, 2.45) is 0 Å². The molecule has 1 fully saturated rings. The standard InChI is InChI=1S/C20H22N2O3S/c1-22-18-9-8-17(12-15(18)13-19(22)23)26(24,25)21-14-20(10-5-11-20)16-6-3-2-4-7-16/h2-4,6-9,12,21H,5,10-11,13-14H2,1H3. The van der Waals surface area contributed by atoms with Crippen LogP contribution in [0.5, 0.6) is 0 Å². The van der Waals surface area contributed by atoms with Crippen LogP contribution >= 0.6 is 0 Å². The molecule has 1 N–H and O–H groups in total. The van der Waals surface area contributed by atoms with Crippen molar-refractivity contribution in [1.29, 1.82) is 0 Å². The van der Waals surface area contributed by atoms with Gasteiger partial charge in [-0.15, -0.1) is 0 Å². The zero-order valence-electron chi connectivity index (χ0n) is 14.7. The van der Waals surface area contributed by atoms with Crippen LogP contribution in [-0.2, 0) is 26.7 Å². The van der Waals surface area contributed by atoms with E-state index in [-0.39, 0.29) is 22.6 Å². The van der Waals surface area contributed by atoms with Crippen LogP contribution < -0.4 is 9.62 Å². The second-order valence-corrected chi connectivity index (χ2v) is 9.01. The van der Waals surface area contributed by atoms with Crippen LogP contribution in [0.3, 0.4) is 0 Å². The monoisotopic (exact) mass is 370 g/mol. The lowest BCUT2D eigenvalue weighted by molar-refractivity contribution is -0.117. The van der Waals surface area contributed by atoms with E-state index in [0.29, 0.717) is 6.54 Å². The molecule has 4 rings (SSSR count). The van der Waals surface area contributed by atoms with Gasteiger partial charge in [-0.1, -0.05) is 36.8 Å². The molecular formula is C20H22N2O3S. The summed E-state index contributed by atoms with van der Waals surface area (Å²) in [6, 6.07) is 15.0. The first kappa shape index (κ1) is 17.2. The van der Waals surface area contributed by atoms with E-state index in [1.54, 1.807) is 30.1 Å². The number of carbonyl (C=O) groups is 1. The minimum absolute atomic E-state index is 0.0139. The van der Waals surface area contributed by atoms with Gasteiger partial charge in [0.15, 0.2) is 0 Å². The van der Waals surface area contributed by atoms with E-state index >= 15 is 0 Å². The van der Waals surface area contributed by atoms with Gasteiger partial charge in [-0.2, -0.15) is 0 Å². The largest absolute Gasteiger partial charge is 0.315 e. The topological polar surface area (TPSA) is 66.5 Å². The molecule has 1 aliphatic heterocycles. The molecule has 1 saturated carbocycles. The number of likely N-dealkylation sites (N-methyl/N-ethyl adjacent to an activating group) is 1. The van der Waals surface area contributed by atoms with Crippen molar-refractivity contribution in [2.75, 3.05) is 18.5 Å². The maximum Gasteiger partial charge on any atom is 0.240 e. The highest BCUT2D eigenvalue weighted by Gasteiger charge is 2.39. The summed E-state index contributed by atoms with van der Waals surface area (Å²) < 4.78 is 28.4. The first-order valence-corrected chi connectivity index (χ1v) is 10.3. The van der Waals surface area contributed by atoms with Crippen LogP contribution in [0.4, 0.5) is 5.69 Å². The van der Waals surface area contributed by atoms with Gasteiger partial charge in [-0.25, -0.2) is 13.1 Å². The number of hydrogen-bond donors (Lipinski definition) is 1. The minimum Gasteiger partial charge on any atom is -0.315 e. The highest BCUT2D eigenvalue weighted by atomic mass is 32.2. The third-order valence-electron chi connectivity index (χ3n) is 5.74. The van der Waals surface area contributed by atoms with Gasteiger partial charge in [0.2, 0.25) is 15.9 Å². The average Bonchev–Trinajstić information content (AvgIpc) is 2.89. The van der Waals surface area contributed by atoms with Crippen molar-refractivity contribution in [2.45, 2.75) is 36.0 Å². The molecule has 0 unspecified atom stereocenters. The normalized spacial score (nSPS) is 18.5. The quantitative estimate of drug-likeness (QED) is 0.880. The Morgan fingerprint density at radius 3 is 2.50 bits per heavy atom. The summed E-state index contributed by atoms with van der Waals surface area (Å²) in [5.41, 5.74) is 2.63. The Morgan fingerprint density at radius 2 is 1.85 bits per heavy atom. The smallest absolute Gasteiger partial charge is 0.240 e. The van der Waals surface area contributed by atoms with Gasteiger partial charge in [0, 0.05) is 24.7 Å². The molecule has 6 heteroatoms. The number of fused-ring (bicyclic) bond motifs is 1. The maximum absolute atomic E-state index is 12.8. The number of hydrogen-bond acceptors (Lipinski definition) is 3. The summed E-state index contributed by atoms with van der Waals surface area (Å²) in [4.78, 5) is 13.6. The Kier molecular flexibility index (Phi) is 4.12. The van der Waals surface area contributed by atoms with Crippen molar-refractivity contribution in [3.8, 4) is 0 Å². The molecule has 0 bridgehead atoms. The zero-order valence-corrected chi connectivity index (χ0v) is 15.6. The van der Waals surface area contributed by atoms with E-state index in [1.165, 1.54) is 5.56 Å². The first-order chi connectivity index (χ1) is 12.4. The van der Waals surface area contributed by atoms with Crippen LogP contribution in [0, 0.1) is 0 Å². The average molecular weight is 370 g/mol. The molecule has 0 atom stereocenters. The molecule has 0 spiro atoms. The van der Waals surface area contributed by atoms with Crippen LogP contribution in [0.25, 0.3) is 0 Å². The summed E-state index contributed by atoms with van der Waals surface area (Å²) in [6.07, 6.45) is 3.35. The van der Waals surface area contributed by atoms with E-state index in [0.717, 1.165) is 30.5 Å². The predicted molar refractivity (Wildman–Crippen MR) is 101 cm³/mol. The molecule has 2 aromatic carbocycles. The van der Waals surface area contributed by atoms with Crippen molar-refractivity contribution < 1.29 is 13.2 Å². The predicted octanol–water partition coefficient (Wildman–Crippen LogP) is 2.61. The molecule has 136 valence electrons. The van der Waals surface area contributed by atoms with Crippen LogP contribution in [0.2, 0.25) is 0 Å². The molecule has 0 saturated heterocycles. The third kappa shape index (κ3) is 2.83. The fraction of sp³-hybridized carbons (Fsp3) is 0.350. The number of anilines is 1. The van der Waals surface area contributed by atoms with Gasteiger partial charge in [-0.3, -0.25) is 4.79 Å². The Hall–Kier alpha value is -2.18. The van der Waals surface area contributed by atoms with E-state index < -0.39 is 10.0 Å². The SMILES string of the molecule is CN1C(=O)Cc2cc(S(=O)(=O)NCC3(c4ccccc4)CCC3)ccc21. The molecule has 1 amide bonds. The number of benzene rings is 2. The van der Waals surface area contributed by atoms with Crippen molar-refractivity contribution >= 4 is 21.6 Å². The molecule has 0 radical (unpaired) electrons. The Labute approximate surface area is 154 Å². The zero-order chi connectivity index (χ0) is 18.4. The lowest BCUT2D eigenvalue weighted by atomic mass is 9.64. The Balaban J connectivity index is 1.55. The number of rotatable bonds is 5. The minimum atomic E-state index is -3.61. The molecule has 0 aromatic heterocycles. The highest BCUT2D eigenvalue weighted by Crippen LogP contribution is 2.43. The summed E-state index contributed by atoms with van der Waals surface area (Å²) >= 11 is 0. The highest BCUT2D eigenvalue weighted by molar-refractivity contribution is 7.89. The Morgan fingerprint density at radius 1 is 1.12 bits per heavy atom. The molecular weight excluding hydrogens is 348 g/mol. The lowest BCUT2D eigenvalue weighted by Gasteiger charge is -2.42. The van der Waals surface area contributed by atoms with Crippen LogP contribution in [0.1, 0.15) is 30.4 Å². The van der Waals surface area contributed by atoms with Gasteiger partial charge >= 0.3 is 0 Å².